The van der Waals surface area contributed by atoms with Crippen LogP contribution < -0.4 is 23.7 Å². The second-order valence-electron chi connectivity index (χ2n) is 15.8. The molecule has 0 unspecified atom stereocenters. The second-order valence-corrected chi connectivity index (χ2v) is 15.8. The fraction of sp³-hybridized carbons (Fsp3) is 0.220. The average molecular weight is 809 g/mol. The number of carbonyl (C=O) groups excluding carboxylic acids is 3. The Morgan fingerprint density at radius 3 is 1.05 bits per heavy atom. The van der Waals surface area contributed by atoms with Gasteiger partial charge in [-0.05, 0) is 106 Å². The van der Waals surface area contributed by atoms with Gasteiger partial charge in [0.05, 0.1) is 14.2 Å². The van der Waals surface area contributed by atoms with E-state index in [4.69, 9.17) is 23.7 Å². The lowest BCUT2D eigenvalue weighted by Crippen LogP contribution is -2.20. The lowest BCUT2D eigenvalue weighted by atomic mass is 9.77. The Morgan fingerprint density at radius 1 is 0.400 bits per heavy atom. The predicted octanol–water partition coefficient (Wildman–Crippen LogP) is 11.3. The van der Waals surface area contributed by atoms with Crippen LogP contribution in [-0.2, 0) is 21.0 Å². The van der Waals surface area contributed by atoms with Crippen molar-refractivity contribution in [3.8, 4) is 34.5 Å². The molecule has 0 heterocycles. The molecule has 0 spiro atoms. The third-order valence-corrected chi connectivity index (χ3v) is 11.0. The maximum Gasteiger partial charge on any atom is 0.519 e. The van der Waals surface area contributed by atoms with Crippen LogP contribution >= 0.6 is 0 Å². The van der Waals surface area contributed by atoms with Gasteiger partial charge < -0.3 is 33.5 Å². The zero-order valence-electron chi connectivity index (χ0n) is 34.9. The van der Waals surface area contributed by atoms with Crippen LogP contribution in [0.15, 0.2) is 140 Å². The van der Waals surface area contributed by atoms with E-state index in [-0.39, 0.29) is 16.7 Å². The Kier molecular flexibility index (Phi) is 12.4. The normalized spacial score (nSPS) is 11.6. The summed E-state index contributed by atoms with van der Waals surface area (Å²) < 4.78 is 31.6. The molecule has 0 amide bonds. The largest absolute Gasteiger partial charge is 0.519 e. The summed E-state index contributed by atoms with van der Waals surface area (Å²) in [6.45, 7) is 12.3. The molecular weight excluding hydrogens is 761 g/mol. The number of phenolic OH excluding ortho intramolecular Hbond substituents is 1. The SMILES string of the molecule is COC(=O)Oc1ccc(C(C)(C)c2ccc(OC(=O)c3cc(C(C)(C)c4ccc(OC(=O)Oc5ccc(C(C)(C)c6ccc(OC)cc6)cc5)cc4)ccc3O)cc2)cc1. The number of benzene rings is 6. The first-order valence-corrected chi connectivity index (χ1v) is 19.3. The van der Waals surface area contributed by atoms with Crippen molar-refractivity contribution in [1.82, 2.24) is 0 Å². The fourth-order valence-corrected chi connectivity index (χ4v) is 6.87. The molecule has 60 heavy (non-hydrogen) atoms. The van der Waals surface area contributed by atoms with E-state index in [1.54, 1.807) is 67.8 Å². The third kappa shape index (κ3) is 9.45. The molecule has 6 aromatic carbocycles. The van der Waals surface area contributed by atoms with Crippen LogP contribution in [0.2, 0.25) is 0 Å². The van der Waals surface area contributed by atoms with Crippen LogP contribution in [0.1, 0.15) is 85.3 Å². The first-order chi connectivity index (χ1) is 28.5. The van der Waals surface area contributed by atoms with E-state index in [9.17, 15) is 19.5 Å². The molecule has 0 aromatic heterocycles. The predicted molar refractivity (Wildman–Crippen MR) is 228 cm³/mol. The van der Waals surface area contributed by atoms with E-state index in [0.717, 1.165) is 39.1 Å². The van der Waals surface area contributed by atoms with Crippen molar-refractivity contribution in [3.05, 3.63) is 178 Å². The summed E-state index contributed by atoms with van der Waals surface area (Å²) in [5.74, 6) is 1.19. The maximum absolute atomic E-state index is 13.4. The minimum Gasteiger partial charge on any atom is -0.507 e. The van der Waals surface area contributed by atoms with Gasteiger partial charge in [0.25, 0.3) is 0 Å². The van der Waals surface area contributed by atoms with Crippen LogP contribution in [0, 0.1) is 0 Å². The van der Waals surface area contributed by atoms with Crippen molar-refractivity contribution in [2.24, 2.45) is 0 Å². The van der Waals surface area contributed by atoms with Crippen LogP contribution in [0.25, 0.3) is 0 Å². The third-order valence-electron chi connectivity index (χ3n) is 11.0. The van der Waals surface area contributed by atoms with Gasteiger partial charge >= 0.3 is 18.3 Å². The summed E-state index contributed by atoms with van der Waals surface area (Å²) in [4.78, 5) is 37.6. The van der Waals surface area contributed by atoms with Crippen LogP contribution in [0.5, 0.6) is 34.5 Å². The molecule has 6 aromatic rings. The van der Waals surface area contributed by atoms with Gasteiger partial charge in [0.15, 0.2) is 0 Å². The molecule has 10 nitrogen and oxygen atoms in total. The molecule has 10 heteroatoms. The quantitative estimate of drug-likeness (QED) is 0.0725. The van der Waals surface area contributed by atoms with Crippen molar-refractivity contribution in [2.45, 2.75) is 57.8 Å². The highest BCUT2D eigenvalue weighted by molar-refractivity contribution is 5.94. The molecule has 0 radical (unpaired) electrons. The van der Waals surface area contributed by atoms with Crippen molar-refractivity contribution < 1.29 is 47.9 Å². The lowest BCUT2D eigenvalue weighted by Gasteiger charge is -2.27. The lowest BCUT2D eigenvalue weighted by molar-refractivity contribution is 0.0731. The number of ether oxygens (including phenoxy) is 6. The summed E-state index contributed by atoms with van der Waals surface area (Å²) in [6, 6.07) is 41.4. The number of carbonyl (C=O) groups is 3. The molecule has 0 aliphatic heterocycles. The molecule has 0 saturated carbocycles. The van der Waals surface area contributed by atoms with E-state index in [0.29, 0.717) is 23.0 Å². The van der Waals surface area contributed by atoms with Gasteiger partial charge in [-0.1, -0.05) is 108 Å². The van der Waals surface area contributed by atoms with E-state index in [1.807, 2.05) is 86.6 Å². The number of hydrogen-bond donors (Lipinski definition) is 1. The summed E-state index contributed by atoms with van der Waals surface area (Å²) in [5.41, 5.74) is 4.38. The smallest absolute Gasteiger partial charge is 0.507 e. The Labute approximate surface area is 350 Å². The molecule has 308 valence electrons. The minimum absolute atomic E-state index is 0.0132. The maximum atomic E-state index is 13.4. The van der Waals surface area contributed by atoms with E-state index < -0.39 is 29.1 Å². The second kappa shape index (κ2) is 17.4. The fourth-order valence-electron chi connectivity index (χ4n) is 6.87. The van der Waals surface area contributed by atoms with Gasteiger partial charge in [-0.25, -0.2) is 14.4 Å². The van der Waals surface area contributed by atoms with E-state index in [2.05, 4.69) is 32.4 Å². The summed E-state index contributed by atoms with van der Waals surface area (Å²) >= 11 is 0. The molecule has 0 aliphatic rings. The summed E-state index contributed by atoms with van der Waals surface area (Å²) in [5, 5.41) is 10.7. The number of methoxy groups -OCH3 is 2. The number of hydrogen-bond acceptors (Lipinski definition) is 10. The molecule has 0 saturated heterocycles. The molecule has 0 atom stereocenters. The van der Waals surface area contributed by atoms with Crippen LogP contribution in [0.4, 0.5) is 9.59 Å². The van der Waals surface area contributed by atoms with Crippen molar-refractivity contribution in [1.29, 1.82) is 0 Å². The molecule has 0 bridgehead atoms. The van der Waals surface area contributed by atoms with Gasteiger partial charge in [-0.15, -0.1) is 0 Å². The van der Waals surface area contributed by atoms with Gasteiger partial charge in [-0.2, -0.15) is 0 Å². The van der Waals surface area contributed by atoms with Crippen molar-refractivity contribution in [3.63, 3.8) is 0 Å². The van der Waals surface area contributed by atoms with Gasteiger partial charge in [0, 0.05) is 16.2 Å². The first-order valence-electron chi connectivity index (χ1n) is 19.3. The molecule has 0 fully saturated rings. The number of rotatable bonds is 12. The number of aromatic hydroxyl groups is 1. The monoisotopic (exact) mass is 808 g/mol. The van der Waals surface area contributed by atoms with Crippen LogP contribution in [-0.4, -0.2) is 37.6 Å². The van der Waals surface area contributed by atoms with E-state index >= 15 is 0 Å². The highest BCUT2D eigenvalue weighted by atomic mass is 16.7. The Hall–Kier alpha value is -7.07. The standard InChI is InChI=1S/C50H48O10/c1-48(2,32-9-20-38(55-7)21-10-32)35-15-26-41(27-16-35)59-47(54)60-42-28-17-36(18-29-42)50(5,6)37-19-30-44(51)43(31-37)45(52)57-39-22-11-33(12-23-39)49(3,4)34-13-24-40(25-14-34)58-46(53)56-8/h9-31,51H,1-8H3. The highest BCUT2D eigenvalue weighted by Gasteiger charge is 2.28. The van der Waals surface area contributed by atoms with Crippen molar-refractivity contribution in [2.75, 3.05) is 14.2 Å². The first kappa shape index (κ1) is 42.5. The summed E-state index contributed by atoms with van der Waals surface area (Å²) in [6.07, 6.45) is -1.66. The topological polar surface area (TPSA) is 127 Å². The summed E-state index contributed by atoms with van der Waals surface area (Å²) in [7, 11) is 2.89. The molecule has 0 aliphatic carbocycles. The molecule has 1 N–H and O–H groups in total. The zero-order valence-corrected chi connectivity index (χ0v) is 34.9. The zero-order chi connectivity index (χ0) is 43.2. The number of esters is 1. The van der Waals surface area contributed by atoms with E-state index in [1.165, 1.54) is 13.2 Å². The Bertz CT molecular complexity index is 2450. The van der Waals surface area contributed by atoms with Gasteiger partial charge in [0.2, 0.25) is 0 Å². The van der Waals surface area contributed by atoms with Gasteiger partial charge in [0.1, 0.15) is 40.1 Å². The molecular formula is C50H48O10. The Balaban J connectivity index is 1.07. The molecule has 6 rings (SSSR count). The Morgan fingerprint density at radius 2 is 0.700 bits per heavy atom. The minimum atomic E-state index is -0.872. The average Bonchev–Trinajstić information content (AvgIpc) is 3.24. The van der Waals surface area contributed by atoms with Gasteiger partial charge in [-0.3, -0.25) is 0 Å². The van der Waals surface area contributed by atoms with Crippen LogP contribution in [0.3, 0.4) is 0 Å². The number of phenols is 1. The highest BCUT2D eigenvalue weighted by Crippen LogP contribution is 2.37. The van der Waals surface area contributed by atoms with Crippen molar-refractivity contribution >= 4 is 18.3 Å².